The second-order valence-electron chi connectivity index (χ2n) is 4.96. The number of benzene rings is 1. The van der Waals surface area contributed by atoms with Crippen molar-refractivity contribution in [3.63, 3.8) is 0 Å². The summed E-state index contributed by atoms with van der Waals surface area (Å²) in [6.07, 6.45) is 2.29. The van der Waals surface area contributed by atoms with Crippen LogP contribution < -0.4 is 0 Å². The minimum absolute atomic E-state index is 0.143. The molecule has 2 heteroatoms. The van der Waals surface area contributed by atoms with Crippen LogP contribution in [0.15, 0.2) is 36.4 Å². The Bertz CT molecular complexity index is 566. The summed E-state index contributed by atoms with van der Waals surface area (Å²) >= 11 is 0. The predicted molar refractivity (Wildman–Crippen MR) is 79.5 cm³/mol. The quantitative estimate of drug-likeness (QED) is 0.723. The van der Waals surface area contributed by atoms with Crippen LogP contribution in [0.5, 0.6) is 0 Å². The van der Waals surface area contributed by atoms with Crippen LogP contribution in [0.2, 0.25) is 0 Å². The Kier molecular flexibility index (Phi) is 4.20. The lowest BCUT2D eigenvalue weighted by Crippen LogP contribution is -2.03. The number of aromatic nitrogens is 1. The highest BCUT2D eigenvalue weighted by Gasteiger charge is 2.15. The molecule has 0 radical (unpaired) electrons. The van der Waals surface area contributed by atoms with Crippen molar-refractivity contribution in [2.75, 3.05) is 0 Å². The van der Waals surface area contributed by atoms with Gasteiger partial charge in [0.25, 0.3) is 0 Å². The molecular weight excluding hydrogens is 234 g/mol. The van der Waals surface area contributed by atoms with E-state index in [9.17, 15) is 4.79 Å². The van der Waals surface area contributed by atoms with E-state index in [4.69, 9.17) is 0 Å². The van der Waals surface area contributed by atoms with E-state index in [0.29, 0.717) is 0 Å². The highest BCUT2D eigenvalue weighted by molar-refractivity contribution is 5.96. The first-order valence-electron chi connectivity index (χ1n) is 6.91. The summed E-state index contributed by atoms with van der Waals surface area (Å²) in [7, 11) is 0. The van der Waals surface area contributed by atoms with Crippen molar-refractivity contribution in [1.29, 1.82) is 0 Å². The zero-order chi connectivity index (χ0) is 13.8. The summed E-state index contributed by atoms with van der Waals surface area (Å²) < 4.78 is 2.27. The van der Waals surface area contributed by atoms with Crippen molar-refractivity contribution in [2.24, 2.45) is 0 Å². The molecule has 0 atom stereocenters. The third kappa shape index (κ3) is 2.78. The van der Waals surface area contributed by atoms with Gasteiger partial charge in [0.05, 0.1) is 0 Å². The largest absolute Gasteiger partial charge is 0.344 e. The fourth-order valence-corrected chi connectivity index (χ4v) is 2.45. The van der Waals surface area contributed by atoms with Crippen molar-refractivity contribution in [3.05, 3.63) is 47.7 Å². The zero-order valence-electron chi connectivity index (χ0n) is 11.9. The lowest BCUT2D eigenvalue weighted by Gasteiger charge is -2.11. The maximum Gasteiger partial charge on any atom is 0.161 e. The summed E-state index contributed by atoms with van der Waals surface area (Å²) in [6.45, 7) is 6.84. The number of carbonyl (C=O) groups excluding carboxylic acids is 1. The van der Waals surface area contributed by atoms with Gasteiger partial charge in [0.1, 0.15) is 0 Å². The van der Waals surface area contributed by atoms with Gasteiger partial charge in [-0.25, -0.2) is 0 Å². The van der Waals surface area contributed by atoms with E-state index in [2.05, 4.69) is 23.6 Å². The summed E-state index contributed by atoms with van der Waals surface area (Å²) in [4.78, 5) is 11.7. The standard InChI is InChI=1S/C17H21NO/c1-4-5-11-18-13(2)16(14(3)19)12-17(18)15-9-7-6-8-10-15/h6-10,12H,4-5,11H2,1-3H3. The number of ketones is 1. The molecule has 1 aromatic carbocycles. The normalized spacial score (nSPS) is 10.7. The molecule has 0 fully saturated rings. The van der Waals surface area contributed by atoms with Gasteiger partial charge in [0.2, 0.25) is 0 Å². The molecule has 0 amide bonds. The van der Waals surface area contributed by atoms with Crippen molar-refractivity contribution in [3.8, 4) is 11.3 Å². The van der Waals surface area contributed by atoms with E-state index in [1.165, 1.54) is 5.56 Å². The van der Waals surface area contributed by atoms with E-state index in [1.807, 2.05) is 31.2 Å². The van der Waals surface area contributed by atoms with Crippen molar-refractivity contribution >= 4 is 5.78 Å². The Morgan fingerprint density at radius 1 is 1.21 bits per heavy atom. The molecular formula is C17H21NO. The van der Waals surface area contributed by atoms with Crippen LogP contribution in [0, 0.1) is 6.92 Å². The molecule has 0 bridgehead atoms. The Morgan fingerprint density at radius 3 is 2.47 bits per heavy atom. The first-order valence-corrected chi connectivity index (χ1v) is 6.91. The van der Waals surface area contributed by atoms with Gasteiger partial charge >= 0.3 is 0 Å². The molecule has 2 aromatic rings. The maximum atomic E-state index is 11.7. The lowest BCUT2D eigenvalue weighted by molar-refractivity contribution is 0.101. The third-order valence-electron chi connectivity index (χ3n) is 3.55. The molecule has 0 saturated carbocycles. The third-order valence-corrected chi connectivity index (χ3v) is 3.55. The molecule has 19 heavy (non-hydrogen) atoms. The van der Waals surface area contributed by atoms with Crippen LogP contribution >= 0.6 is 0 Å². The van der Waals surface area contributed by atoms with Gasteiger partial charge in [-0.15, -0.1) is 0 Å². The zero-order valence-corrected chi connectivity index (χ0v) is 11.9. The van der Waals surface area contributed by atoms with E-state index >= 15 is 0 Å². The van der Waals surface area contributed by atoms with Gasteiger partial charge in [-0.2, -0.15) is 0 Å². The molecule has 0 aliphatic rings. The van der Waals surface area contributed by atoms with Crippen molar-refractivity contribution in [1.82, 2.24) is 4.57 Å². The van der Waals surface area contributed by atoms with Crippen LogP contribution in [0.3, 0.4) is 0 Å². The highest BCUT2D eigenvalue weighted by Crippen LogP contribution is 2.26. The molecule has 0 aliphatic heterocycles. The second-order valence-corrected chi connectivity index (χ2v) is 4.96. The number of unbranched alkanes of at least 4 members (excludes halogenated alkanes) is 1. The highest BCUT2D eigenvalue weighted by atomic mass is 16.1. The minimum atomic E-state index is 0.143. The molecule has 1 aromatic heterocycles. The van der Waals surface area contributed by atoms with Crippen LogP contribution in [-0.2, 0) is 6.54 Å². The van der Waals surface area contributed by atoms with Gasteiger partial charge in [0.15, 0.2) is 5.78 Å². The first-order chi connectivity index (χ1) is 9.15. The van der Waals surface area contributed by atoms with Gasteiger partial charge < -0.3 is 4.57 Å². The fraction of sp³-hybridized carbons (Fsp3) is 0.353. The van der Waals surface area contributed by atoms with Crippen molar-refractivity contribution in [2.45, 2.75) is 40.2 Å². The summed E-state index contributed by atoms with van der Waals surface area (Å²) in [6, 6.07) is 12.3. The van der Waals surface area contributed by atoms with E-state index < -0.39 is 0 Å². The van der Waals surface area contributed by atoms with E-state index in [1.54, 1.807) is 6.92 Å². The number of hydrogen-bond donors (Lipinski definition) is 0. The Hall–Kier alpha value is -1.83. The lowest BCUT2D eigenvalue weighted by atomic mass is 10.1. The van der Waals surface area contributed by atoms with Crippen LogP contribution in [0.4, 0.5) is 0 Å². The molecule has 0 N–H and O–H groups in total. The fourth-order valence-electron chi connectivity index (χ4n) is 2.45. The average Bonchev–Trinajstić information content (AvgIpc) is 2.75. The minimum Gasteiger partial charge on any atom is -0.344 e. The number of rotatable bonds is 5. The monoisotopic (exact) mass is 255 g/mol. The Balaban J connectivity index is 2.52. The summed E-state index contributed by atoms with van der Waals surface area (Å²) in [5.41, 5.74) is 4.25. The number of Topliss-reactive ketones (excluding diaryl/α,β-unsaturated/α-hetero) is 1. The molecule has 0 spiro atoms. The summed E-state index contributed by atoms with van der Waals surface area (Å²) in [5, 5.41) is 0. The van der Waals surface area contributed by atoms with Crippen LogP contribution in [0.1, 0.15) is 42.7 Å². The van der Waals surface area contributed by atoms with Gasteiger partial charge in [-0.05, 0) is 31.9 Å². The molecule has 0 unspecified atom stereocenters. The molecule has 1 heterocycles. The van der Waals surface area contributed by atoms with Gasteiger partial charge in [-0.1, -0.05) is 43.7 Å². The van der Waals surface area contributed by atoms with Crippen molar-refractivity contribution < 1.29 is 4.79 Å². The van der Waals surface area contributed by atoms with Gasteiger partial charge in [0, 0.05) is 23.5 Å². The van der Waals surface area contributed by atoms with Gasteiger partial charge in [-0.3, -0.25) is 4.79 Å². The molecule has 2 rings (SSSR count). The molecule has 2 nitrogen and oxygen atoms in total. The van der Waals surface area contributed by atoms with E-state index in [-0.39, 0.29) is 5.78 Å². The summed E-state index contributed by atoms with van der Waals surface area (Å²) in [5.74, 6) is 0.143. The second kappa shape index (κ2) is 5.87. The number of nitrogens with zero attached hydrogens (tertiary/aromatic N) is 1. The predicted octanol–water partition coefficient (Wildman–Crippen LogP) is 4.47. The number of carbonyl (C=O) groups is 1. The van der Waals surface area contributed by atoms with Crippen LogP contribution in [0.25, 0.3) is 11.3 Å². The smallest absolute Gasteiger partial charge is 0.161 e. The molecule has 0 saturated heterocycles. The molecule has 0 aliphatic carbocycles. The Morgan fingerprint density at radius 2 is 1.89 bits per heavy atom. The SMILES string of the molecule is CCCCn1c(-c2ccccc2)cc(C(C)=O)c1C. The maximum absolute atomic E-state index is 11.7. The average molecular weight is 255 g/mol. The van der Waals surface area contributed by atoms with Crippen LogP contribution in [-0.4, -0.2) is 10.4 Å². The topological polar surface area (TPSA) is 22.0 Å². The Labute approximate surface area is 115 Å². The first kappa shape index (κ1) is 13.6. The van der Waals surface area contributed by atoms with E-state index in [0.717, 1.165) is 36.3 Å². The molecule has 100 valence electrons. The number of hydrogen-bond acceptors (Lipinski definition) is 1.